The minimum Gasteiger partial charge on any atom is -0.372 e. The molecule has 86 valence electrons. The fourth-order valence-electron chi connectivity index (χ4n) is 1.86. The van der Waals surface area contributed by atoms with Gasteiger partial charge in [0.05, 0.1) is 0 Å². The second-order valence-electron chi connectivity index (χ2n) is 3.57. The van der Waals surface area contributed by atoms with Gasteiger partial charge < -0.3 is 10.6 Å². The number of nitrogens with zero attached hydrogens (tertiary/aromatic N) is 1. The van der Waals surface area contributed by atoms with Crippen molar-refractivity contribution in [3.63, 3.8) is 0 Å². The van der Waals surface area contributed by atoms with E-state index in [9.17, 15) is 0 Å². The van der Waals surface area contributed by atoms with Crippen LogP contribution in [-0.2, 0) is 6.54 Å². The van der Waals surface area contributed by atoms with Crippen LogP contribution in [0.2, 0.25) is 0 Å². The lowest BCUT2D eigenvalue weighted by Gasteiger charge is -2.17. The second kappa shape index (κ2) is 6.94. The van der Waals surface area contributed by atoms with Gasteiger partial charge in [-0.1, -0.05) is 12.1 Å². The Morgan fingerprint density at radius 3 is 2.40 bits per heavy atom. The Balaban J connectivity index is 0.000000980. The highest BCUT2D eigenvalue weighted by Gasteiger charge is 2.11. The molecule has 1 aliphatic rings. The predicted molar refractivity (Wildman–Crippen MR) is 70.3 cm³/mol. The zero-order chi connectivity index (χ0) is 9.10. The largest absolute Gasteiger partial charge is 0.372 e. The lowest BCUT2D eigenvalue weighted by atomic mass is 10.2. The first kappa shape index (κ1) is 14.6. The van der Waals surface area contributed by atoms with Gasteiger partial charge in [0.15, 0.2) is 0 Å². The Bertz CT molecular complexity index is 286. The predicted octanol–water partition coefficient (Wildman–Crippen LogP) is 2.59. The highest BCUT2D eigenvalue weighted by Crippen LogP contribution is 2.20. The molecule has 0 aliphatic carbocycles. The normalized spacial score (nSPS) is 14.3. The van der Waals surface area contributed by atoms with Crippen molar-refractivity contribution in [3.8, 4) is 0 Å². The molecule has 1 aliphatic heterocycles. The van der Waals surface area contributed by atoms with Gasteiger partial charge in [0.25, 0.3) is 0 Å². The van der Waals surface area contributed by atoms with Gasteiger partial charge in [-0.05, 0) is 30.5 Å². The minimum absolute atomic E-state index is 0. The molecule has 0 spiro atoms. The van der Waals surface area contributed by atoms with Gasteiger partial charge in [-0.25, -0.2) is 0 Å². The molecule has 15 heavy (non-hydrogen) atoms. The third-order valence-corrected chi connectivity index (χ3v) is 2.62. The molecule has 0 bridgehead atoms. The van der Waals surface area contributed by atoms with Crippen LogP contribution in [0.15, 0.2) is 24.3 Å². The van der Waals surface area contributed by atoms with Crippen molar-refractivity contribution >= 4 is 30.5 Å². The monoisotopic (exact) mass is 248 g/mol. The van der Waals surface area contributed by atoms with E-state index >= 15 is 0 Å². The van der Waals surface area contributed by atoms with Gasteiger partial charge >= 0.3 is 0 Å². The van der Waals surface area contributed by atoms with E-state index < -0.39 is 0 Å². The zero-order valence-electron chi connectivity index (χ0n) is 8.69. The van der Waals surface area contributed by atoms with Gasteiger partial charge in [-0.2, -0.15) is 0 Å². The molecule has 0 atom stereocenters. The van der Waals surface area contributed by atoms with Crippen LogP contribution in [-0.4, -0.2) is 13.1 Å². The van der Waals surface area contributed by atoms with Crippen LogP contribution in [0.25, 0.3) is 0 Å². The van der Waals surface area contributed by atoms with E-state index in [2.05, 4.69) is 29.2 Å². The van der Waals surface area contributed by atoms with Crippen LogP contribution in [0.4, 0.5) is 5.69 Å². The summed E-state index contributed by atoms with van der Waals surface area (Å²) in [5.74, 6) is 0. The summed E-state index contributed by atoms with van der Waals surface area (Å²) in [6.07, 6.45) is 2.65. The molecule has 2 nitrogen and oxygen atoms in total. The highest BCUT2D eigenvalue weighted by molar-refractivity contribution is 5.85. The number of nitrogens with two attached hydrogens (primary N) is 1. The molecule has 0 radical (unpaired) electrons. The van der Waals surface area contributed by atoms with Crippen molar-refractivity contribution < 1.29 is 0 Å². The van der Waals surface area contributed by atoms with E-state index in [1.807, 2.05) is 0 Å². The van der Waals surface area contributed by atoms with Crippen molar-refractivity contribution in [3.05, 3.63) is 29.8 Å². The standard InChI is InChI=1S/C11H16N2.2ClH/c12-9-10-4-3-5-11(8-10)13-6-1-2-7-13;;/h3-5,8H,1-2,6-7,9,12H2;2*1H. The summed E-state index contributed by atoms with van der Waals surface area (Å²) < 4.78 is 0. The average Bonchev–Trinajstić information content (AvgIpc) is 2.71. The zero-order valence-corrected chi connectivity index (χ0v) is 10.3. The lowest BCUT2D eigenvalue weighted by molar-refractivity contribution is 0.949. The van der Waals surface area contributed by atoms with Crippen LogP contribution in [0.3, 0.4) is 0 Å². The smallest absolute Gasteiger partial charge is 0.0369 e. The molecule has 0 unspecified atom stereocenters. The van der Waals surface area contributed by atoms with E-state index in [0.717, 1.165) is 0 Å². The van der Waals surface area contributed by atoms with E-state index in [-0.39, 0.29) is 24.8 Å². The molecule has 4 heteroatoms. The Hall–Kier alpha value is -0.440. The van der Waals surface area contributed by atoms with Gasteiger partial charge in [-0.3, -0.25) is 0 Å². The number of anilines is 1. The Morgan fingerprint density at radius 1 is 1.13 bits per heavy atom. The van der Waals surface area contributed by atoms with Crippen molar-refractivity contribution in [2.24, 2.45) is 5.73 Å². The Kier molecular flexibility index (Phi) is 6.73. The van der Waals surface area contributed by atoms with Crippen molar-refractivity contribution in [2.75, 3.05) is 18.0 Å². The van der Waals surface area contributed by atoms with Crippen molar-refractivity contribution in [1.29, 1.82) is 0 Å². The molecule has 0 saturated carbocycles. The van der Waals surface area contributed by atoms with Gasteiger partial charge in [-0.15, -0.1) is 24.8 Å². The van der Waals surface area contributed by atoms with Crippen LogP contribution in [0, 0.1) is 0 Å². The molecular formula is C11H18Cl2N2. The Morgan fingerprint density at radius 2 is 1.80 bits per heavy atom. The van der Waals surface area contributed by atoms with Gasteiger partial charge in [0.1, 0.15) is 0 Å². The maximum absolute atomic E-state index is 5.60. The summed E-state index contributed by atoms with van der Waals surface area (Å²) in [6, 6.07) is 8.55. The fourth-order valence-corrected chi connectivity index (χ4v) is 1.86. The molecule has 1 heterocycles. The molecule has 1 saturated heterocycles. The molecule has 0 aromatic heterocycles. The third kappa shape index (κ3) is 3.56. The minimum atomic E-state index is 0. The number of benzene rings is 1. The summed E-state index contributed by atoms with van der Waals surface area (Å²) in [5, 5.41) is 0. The molecule has 2 rings (SSSR count). The molecule has 1 fully saturated rings. The topological polar surface area (TPSA) is 29.3 Å². The van der Waals surface area contributed by atoms with Crippen LogP contribution in [0.1, 0.15) is 18.4 Å². The van der Waals surface area contributed by atoms with E-state index in [4.69, 9.17) is 5.73 Å². The lowest BCUT2D eigenvalue weighted by Crippen LogP contribution is -2.17. The van der Waals surface area contributed by atoms with E-state index in [1.54, 1.807) is 0 Å². The van der Waals surface area contributed by atoms with Gasteiger partial charge in [0, 0.05) is 25.3 Å². The maximum Gasteiger partial charge on any atom is 0.0369 e. The number of halogens is 2. The molecule has 2 N–H and O–H groups in total. The molecule has 1 aromatic rings. The van der Waals surface area contributed by atoms with Crippen LogP contribution < -0.4 is 10.6 Å². The Labute approximate surface area is 104 Å². The fraction of sp³-hybridized carbons (Fsp3) is 0.455. The molecule has 0 amide bonds. The summed E-state index contributed by atoms with van der Waals surface area (Å²) in [4.78, 5) is 2.43. The SMILES string of the molecule is Cl.Cl.NCc1cccc(N2CCCC2)c1. The molecule has 1 aromatic carbocycles. The summed E-state index contributed by atoms with van der Waals surface area (Å²) in [7, 11) is 0. The summed E-state index contributed by atoms with van der Waals surface area (Å²) in [6.45, 7) is 3.05. The van der Waals surface area contributed by atoms with Crippen molar-refractivity contribution in [1.82, 2.24) is 0 Å². The van der Waals surface area contributed by atoms with E-state index in [0.29, 0.717) is 6.54 Å². The quantitative estimate of drug-likeness (QED) is 0.872. The first-order chi connectivity index (χ1) is 6.40. The van der Waals surface area contributed by atoms with Gasteiger partial charge in [0.2, 0.25) is 0 Å². The average molecular weight is 249 g/mol. The first-order valence-electron chi connectivity index (χ1n) is 4.94. The second-order valence-corrected chi connectivity index (χ2v) is 3.57. The number of rotatable bonds is 2. The number of hydrogen-bond acceptors (Lipinski definition) is 2. The van der Waals surface area contributed by atoms with Crippen LogP contribution >= 0.6 is 24.8 Å². The summed E-state index contributed by atoms with van der Waals surface area (Å²) in [5.41, 5.74) is 8.16. The van der Waals surface area contributed by atoms with E-state index in [1.165, 1.54) is 37.2 Å². The third-order valence-electron chi connectivity index (χ3n) is 2.62. The highest BCUT2D eigenvalue weighted by atomic mass is 35.5. The van der Waals surface area contributed by atoms with Crippen LogP contribution in [0.5, 0.6) is 0 Å². The first-order valence-corrected chi connectivity index (χ1v) is 4.94. The van der Waals surface area contributed by atoms with Crippen molar-refractivity contribution in [2.45, 2.75) is 19.4 Å². The molecular weight excluding hydrogens is 231 g/mol. The maximum atomic E-state index is 5.60. The summed E-state index contributed by atoms with van der Waals surface area (Å²) >= 11 is 0. The number of hydrogen-bond donors (Lipinski definition) is 1.